The fourth-order valence-electron chi connectivity index (χ4n) is 2.46. The molecular weight excluding hydrogens is 270 g/mol. The second-order valence-corrected chi connectivity index (χ2v) is 4.85. The topological polar surface area (TPSA) is 84.1 Å². The Labute approximate surface area is 113 Å². The Kier molecular flexibility index (Phi) is 2.98. The number of hydrogen-bond donors (Lipinski definition) is 1. The number of likely N-dealkylation sites (tertiary alicyclic amines) is 1. The first-order valence-corrected chi connectivity index (χ1v) is 6.36. The van der Waals surface area contributed by atoms with Gasteiger partial charge in [0.05, 0.1) is 24.2 Å². The predicted octanol–water partition coefficient (Wildman–Crippen LogP) is 1.62. The van der Waals surface area contributed by atoms with Crippen LogP contribution in [0, 0.1) is 0 Å². The standard InChI is InChI=1S/C11H12ClN5O2/c12-10-13-4-7-5-14-17(9(7)15-10)6-8-2-1-3-16(8)11(18)19/h4-5,8H,1-3,6H2,(H,18,19). The predicted molar refractivity (Wildman–Crippen MR) is 68.1 cm³/mol. The first-order valence-electron chi connectivity index (χ1n) is 5.99. The van der Waals surface area contributed by atoms with Crippen LogP contribution in [0.1, 0.15) is 12.8 Å². The van der Waals surface area contributed by atoms with Crippen molar-refractivity contribution < 1.29 is 9.90 Å². The molecule has 1 amide bonds. The lowest BCUT2D eigenvalue weighted by Gasteiger charge is -2.21. The molecule has 0 aliphatic carbocycles. The number of hydrogen-bond acceptors (Lipinski definition) is 4. The molecule has 0 spiro atoms. The van der Waals surface area contributed by atoms with Crippen LogP contribution in [0.3, 0.4) is 0 Å². The van der Waals surface area contributed by atoms with E-state index in [1.54, 1.807) is 17.1 Å². The molecule has 1 N–H and O–H groups in total. The van der Waals surface area contributed by atoms with E-state index in [1.165, 1.54) is 4.90 Å². The van der Waals surface area contributed by atoms with E-state index in [9.17, 15) is 4.79 Å². The number of fused-ring (bicyclic) bond motifs is 1. The number of carbonyl (C=O) groups is 1. The van der Waals surface area contributed by atoms with E-state index >= 15 is 0 Å². The van der Waals surface area contributed by atoms with Crippen LogP contribution < -0.4 is 0 Å². The Balaban J connectivity index is 1.89. The number of aromatic nitrogens is 4. The molecule has 2 aromatic heterocycles. The Hall–Kier alpha value is -1.89. The maximum Gasteiger partial charge on any atom is 0.407 e. The van der Waals surface area contributed by atoms with Crippen LogP contribution in [0.15, 0.2) is 12.4 Å². The van der Waals surface area contributed by atoms with Crippen molar-refractivity contribution in [1.29, 1.82) is 0 Å². The third kappa shape index (κ3) is 2.21. The third-order valence-corrected chi connectivity index (χ3v) is 3.54. The van der Waals surface area contributed by atoms with E-state index in [2.05, 4.69) is 15.1 Å². The number of amides is 1. The zero-order valence-electron chi connectivity index (χ0n) is 10.0. The van der Waals surface area contributed by atoms with Crippen LogP contribution in [0.4, 0.5) is 4.79 Å². The van der Waals surface area contributed by atoms with Crippen LogP contribution >= 0.6 is 11.6 Å². The number of nitrogens with zero attached hydrogens (tertiary/aromatic N) is 5. The van der Waals surface area contributed by atoms with Crippen LogP contribution in [-0.2, 0) is 6.54 Å². The van der Waals surface area contributed by atoms with E-state index < -0.39 is 6.09 Å². The fourth-order valence-corrected chi connectivity index (χ4v) is 2.59. The molecule has 1 atom stereocenters. The van der Waals surface area contributed by atoms with Crippen molar-refractivity contribution in [2.24, 2.45) is 0 Å². The van der Waals surface area contributed by atoms with Gasteiger partial charge in [-0.1, -0.05) is 0 Å². The van der Waals surface area contributed by atoms with Gasteiger partial charge in [-0.25, -0.2) is 14.5 Å². The quantitative estimate of drug-likeness (QED) is 0.846. The van der Waals surface area contributed by atoms with E-state index in [-0.39, 0.29) is 11.3 Å². The minimum absolute atomic E-state index is 0.0608. The maximum atomic E-state index is 11.1. The number of rotatable bonds is 2. The average molecular weight is 282 g/mol. The summed E-state index contributed by atoms with van der Waals surface area (Å²) in [5, 5.41) is 14.3. The van der Waals surface area contributed by atoms with Crippen molar-refractivity contribution in [2.45, 2.75) is 25.4 Å². The van der Waals surface area contributed by atoms with Gasteiger partial charge in [-0.3, -0.25) is 0 Å². The van der Waals surface area contributed by atoms with E-state index in [0.29, 0.717) is 18.7 Å². The second-order valence-electron chi connectivity index (χ2n) is 4.52. The normalized spacial score (nSPS) is 19.2. The summed E-state index contributed by atoms with van der Waals surface area (Å²) in [5.74, 6) is 0. The molecule has 3 heterocycles. The number of halogens is 1. The Morgan fingerprint density at radius 1 is 1.53 bits per heavy atom. The van der Waals surface area contributed by atoms with Crippen molar-refractivity contribution in [3.63, 3.8) is 0 Å². The van der Waals surface area contributed by atoms with E-state index in [0.717, 1.165) is 18.2 Å². The first-order chi connectivity index (χ1) is 9.15. The molecule has 0 saturated carbocycles. The first kappa shape index (κ1) is 12.2. The lowest BCUT2D eigenvalue weighted by Crippen LogP contribution is -2.37. The third-order valence-electron chi connectivity index (χ3n) is 3.35. The van der Waals surface area contributed by atoms with Gasteiger partial charge in [-0.05, 0) is 24.4 Å². The summed E-state index contributed by atoms with van der Waals surface area (Å²) in [7, 11) is 0. The van der Waals surface area contributed by atoms with Crippen LogP contribution in [0.2, 0.25) is 5.28 Å². The molecule has 7 nitrogen and oxygen atoms in total. The molecule has 8 heteroatoms. The van der Waals surface area contributed by atoms with Gasteiger partial charge in [0.1, 0.15) is 0 Å². The molecule has 19 heavy (non-hydrogen) atoms. The van der Waals surface area contributed by atoms with Crippen molar-refractivity contribution in [2.75, 3.05) is 6.54 Å². The van der Waals surface area contributed by atoms with Gasteiger partial charge in [0.25, 0.3) is 0 Å². The van der Waals surface area contributed by atoms with Gasteiger partial charge in [0.2, 0.25) is 5.28 Å². The summed E-state index contributed by atoms with van der Waals surface area (Å²) in [6, 6.07) is -0.0608. The van der Waals surface area contributed by atoms with Crippen LogP contribution in [0.25, 0.3) is 11.0 Å². The molecule has 100 valence electrons. The average Bonchev–Trinajstić information content (AvgIpc) is 2.97. The highest BCUT2D eigenvalue weighted by Gasteiger charge is 2.29. The fraction of sp³-hybridized carbons (Fsp3) is 0.455. The molecule has 1 aliphatic heterocycles. The van der Waals surface area contributed by atoms with Crippen LogP contribution in [0.5, 0.6) is 0 Å². The summed E-state index contributed by atoms with van der Waals surface area (Å²) in [6.07, 6.45) is 4.11. The summed E-state index contributed by atoms with van der Waals surface area (Å²) >= 11 is 5.78. The highest BCUT2D eigenvalue weighted by atomic mass is 35.5. The lowest BCUT2D eigenvalue weighted by molar-refractivity contribution is 0.135. The van der Waals surface area contributed by atoms with E-state index in [4.69, 9.17) is 16.7 Å². The molecule has 0 aromatic carbocycles. The van der Waals surface area contributed by atoms with Crippen molar-refractivity contribution >= 4 is 28.7 Å². The minimum Gasteiger partial charge on any atom is -0.465 e. The molecule has 1 fully saturated rings. The lowest BCUT2D eigenvalue weighted by atomic mass is 10.2. The summed E-state index contributed by atoms with van der Waals surface area (Å²) in [5.41, 5.74) is 0.636. The zero-order valence-corrected chi connectivity index (χ0v) is 10.8. The van der Waals surface area contributed by atoms with Gasteiger partial charge in [-0.2, -0.15) is 10.1 Å². The molecule has 1 unspecified atom stereocenters. The van der Waals surface area contributed by atoms with Gasteiger partial charge >= 0.3 is 6.09 Å². The minimum atomic E-state index is -0.883. The Morgan fingerprint density at radius 2 is 2.37 bits per heavy atom. The van der Waals surface area contributed by atoms with Gasteiger partial charge in [0, 0.05) is 12.7 Å². The van der Waals surface area contributed by atoms with Gasteiger partial charge in [0.15, 0.2) is 5.65 Å². The van der Waals surface area contributed by atoms with Crippen molar-refractivity contribution in [3.05, 3.63) is 17.7 Å². The summed E-state index contributed by atoms with van der Waals surface area (Å²) in [6.45, 7) is 1.07. The molecule has 0 bridgehead atoms. The Bertz CT molecular complexity index is 629. The molecule has 3 rings (SSSR count). The summed E-state index contributed by atoms with van der Waals surface area (Å²) in [4.78, 5) is 20.6. The maximum absolute atomic E-state index is 11.1. The highest BCUT2D eigenvalue weighted by molar-refractivity contribution is 6.28. The summed E-state index contributed by atoms with van der Waals surface area (Å²) < 4.78 is 1.69. The van der Waals surface area contributed by atoms with Crippen molar-refractivity contribution in [1.82, 2.24) is 24.6 Å². The van der Waals surface area contributed by atoms with E-state index in [1.807, 2.05) is 0 Å². The van der Waals surface area contributed by atoms with Crippen LogP contribution in [-0.4, -0.2) is 48.4 Å². The van der Waals surface area contributed by atoms with Gasteiger partial charge < -0.3 is 10.0 Å². The molecule has 1 aliphatic rings. The Morgan fingerprint density at radius 3 is 3.16 bits per heavy atom. The SMILES string of the molecule is O=C(O)N1CCCC1Cn1ncc2cnc(Cl)nc21. The molecule has 0 radical (unpaired) electrons. The molecule has 1 saturated heterocycles. The highest BCUT2D eigenvalue weighted by Crippen LogP contribution is 2.20. The largest absolute Gasteiger partial charge is 0.465 e. The zero-order chi connectivity index (χ0) is 13.4. The smallest absolute Gasteiger partial charge is 0.407 e. The molecule has 2 aromatic rings. The monoisotopic (exact) mass is 281 g/mol. The molecular formula is C11H12ClN5O2. The van der Waals surface area contributed by atoms with Gasteiger partial charge in [-0.15, -0.1) is 0 Å². The second kappa shape index (κ2) is 4.65. The van der Waals surface area contributed by atoms with Crippen molar-refractivity contribution in [3.8, 4) is 0 Å². The number of carboxylic acid groups (broad SMARTS) is 1.